The maximum absolute atomic E-state index is 4.06. The minimum Gasteiger partial charge on any atom is -0.278 e. The number of hydrogen-bond acceptors (Lipinski definition) is 1. The Kier molecular flexibility index (Phi) is 2.05. The van der Waals surface area contributed by atoms with Crippen LogP contribution in [0.4, 0.5) is 0 Å². The first-order chi connectivity index (χ1) is 6.33. The van der Waals surface area contributed by atoms with E-state index < -0.39 is 0 Å². The van der Waals surface area contributed by atoms with Crippen LogP contribution in [0, 0.1) is 6.92 Å². The molecule has 0 fully saturated rings. The van der Waals surface area contributed by atoms with Crippen LogP contribution < -0.4 is 0 Å². The molecule has 2 nitrogen and oxygen atoms in total. The molecule has 2 aromatic rings. The maximum atomic E-state index is 4.06. The molecular formula is C11H14N2. The number of nitrogens with zero attached hydrogens (tertiary/aromatic N) is 1. The highest BCUT2D eigenvalue weighted by Crippen LogP contribution is 2.20. The van der Waals surface area contributed by atoms with Crippen LogP contribution in [0.25, 0.3) is 10.9 Å². The number of H-pyrrole nitrogens is 1. The molecular weight excluding hydrogens is 160 g/mol. The van der Waals surface area contributed by atoms with E-state index in [1.165, 1.54) is 28.5 Å². The van der Waals surface area contributed by atoms with Gasteiger partial charge in [-0.2, -0.15) is 5.10 Å². The van der Waals surface area contributed by atoms with E-state index in [0.29, 0.717) is 0 Å². The fourth-order valence-corrected chi connectivity index (χ4v) is 1.75. The lowest BCUT2D eigenvalue weighted by Gasteiger charge is -2.04. The largest absolute Gasteiger partial charge is 0.278 e. The van der Waals surface area contributed by atoms with Crippen molar-refractivity contribution >= 4 is 10.9 Å². The minimum atomic E-state index is 1.13. The van der Waals surface area contributed by atoms with Crippen LogP contribution in [-0.2, 0) is 6.42 Å². The average molecular weight is 174 g/mol. The average Bonchev–Trinajstić information content (AvgIpc) is 2.58. The van der Waals surface area contributed by atoms with E-state index >= 15 is 0 Å². The summed E-state index contributed by atoms with van der Waals surface area (Å²) in [7, 11) is 0. The summed E-state index contributed by atoms with van der Waals surface area (Å²) in [6, 6.07) is 4.29. The van der Waals surface area contributed by atoms with Gasteiger partial charge >= 0.3 is 0 Å². The van der Waals surface area contributed by atoms with E-state index in [1.54, 1.807) is 0 Å². The summed E-state index contributed by atoms with van der Waals surface area (Å²) in [5.74, 6) is 0. The Morgan fingerprint density at radius 1 is 1.38 bits per heavy atom. The summed E-state index contributed by atoms with van der Waals surface area (Å²) in [6.07, 6.45) is 4.19. The Labute approximate surface area is 78.0 Å². The van der Waals surface area contributed by atoms with Crippen molar-refractivity contribution in [3.63, 3.8) is 0 Å². The van der Waals surface area contributed by atoms with Gasteiger partial charge in [-0.3, -0.25) is 5.10 Å². The van der Waals surface area contributed by atoms with Crippen molar-refractivity contribution in [2.24, 2.45) is 0 Å². The van der Waals surface area contributed by atoms with Gasteiger partial charge in [0, 0.05) is 5.39 Å². The number of aryl methyl sites for hydroxylation is 2. The molecule has 1 aromatic carbocycles. The second-order valence-electron chi connectivity index (χ2n) is 3.45. The standard InChI is InChI=1S/C11H14N2/c1-3-4-10-8(2)5-6-9-7-12-13-11(9)10/h5-7H,3-4H2,1-2H3,(H,12,13). The summed E-state index contributed by atoms with van der Waals surface area (Å²) in [4.78, 5) is 0. The van der Waals surface area contributed by atoms with Crippen molar-refractivity contribution in [2.45, 2.75) is 26.7 Å². The number of fused-ring (bicyclic) bond motifs is 1. The Balaban J connectivity index is 2.66. The Bertz CT molecular complexity index is 415. The van der Waals surface area contributed by atoms with E-state index in [1.807, 2.05) is 6.20 Å². The van der Waals surface area contributed by atoms with Crippen LogP contribution in [0.1, 0.15) is 24.5 Å². The Morgan fingerprint density at radius 3 is 3.00 bits per heavy atom. The van der Waals surface area contributed by atoms with E-state index in [2.05, 4.69) is 36.2 Å². The predicted molar refractivity (Wildman–Crippen MR) is 54.8 cm³/mol. The molecule has 2 heteroatoms. The molecule has 1 aromatic heterocycles. The van der Waals surface area contributed by atoms with Gasteiger partial charge < -0.3 is 0 Å². The lowest BCUT2D eigenvalue weighted by Crippen LogP contribution is -1.90. The number of rotatable bonds is 2. The van der Waals surface area contributed by atoms with Gasteiger partial charge in [0.2, 0.25) is 0 Å². The minimum absolute atomic E-state index is 1.13. The first-order valence-electron chi connectivity index (χ1n) is 4.74. The summed E-state index contributed by atoms with van der Waals surface area (Å²) in [5, 5.41) is 8.34. The topological polar surface area (TPSA) is 28.7 Å². The van der Waals surface area contributed by atoms with Crippen LogP contribution in [0.3, 0.4) is 0 Å². The van der Waals surface area contributed by atoms with E-state index in [-0.39, 0.29) is 0 Å². The van der Waals surface area contributed by atoms with Gasteiger partial charge in [0.05, 0.1) is 11.7 Å². The zero-order valence-electron chi connectivity index (χ0n) is 8.09. The Hall–Kier alpha value is -1.31. The number of aromatic amines is 1. The first kappa shape index (κ1) is 8.30. The fraction of sp³-hybridized carbons (Fsp3) is 0.364. The molecule has 0 bridgehead atoms. The van der Waals surface area contributed by atoms with E-state index in [4.69, 9.17) is 0 Å². The lowest BCUT2D eigenvalue weighted by molar-refractivity contribution is 0.915. The normalized spacial score (nSPS) is 10.9. The lowest BCUT2D eigenvalue weighted by atomic mass is 10.0. The molecule has 0 spiro atoms. The molecule has 2 rings (SSSR count). The van der Waals surface area contributed by atoms with Crippen molar-refractivity contribution < 1.29 is 0 Å². The third kappa shape index (κ3) is 1.32. The van der Waals surface area contributed by atoms with E-state index in [9.17, 15) is 0 Å². The molecule has 0 unspecified atom stereocenters. The van der Waals surface area contributed by atoms with Crippen LogP contribution in [0.2, 0.25) is 0 Å². The van der Waals surface area contributed by atoms with Gasteiger partial charge in [-0.15, -0.1) is 0 Å². The highest BCUT2D eigenvalue weighted by Gasteiger charge is 2.04. The third-order valence-corrected chi connectivity index (χ3v) is 2.46. The van der Waals surface area contributed by atoms with Crippen LogP contribution in [0.15, 0.2) is 18.3 Å². The highest BCUT2D eigenvalue weighted by atomic mass is 15.1. The fourth-order valence-electron chi connectivity index (χ4n) is 1.75. The molecule has 0 aliphatic rings. The maximum Gasteiger partial charge on any atom is 0.0684 e. The molecule has 1 heterocycles. The molecule has 0 radical (unpaired) electrons. The van der Waals surface area contributed by atoms with E-state index in [0.717, 1.165) is 6.42 Å². The number of nitrogens with one attached hydrogen (secondary N) is 1. The van der Waals surface area contributed by atoms with Crippen molar-refractivity contribution in [2.75, 3.05) is 0 Å². The number of aromatic nitrogens is 2. The SMILES string of the molecule is CCCc1c(C)ccc2cn[nH]c12. The molecule has 68 valence electrons. The van der Waals surface area contributed by atoms with Gasteiger partial charge in [0.25, 0.3) is 0 Å². The summed E-state index contributed by atoms with van der Waals surface area (Å²) in [5.41, 5.74) is 3.98. The number of hydrogen-bond donors (Lipinski definition) is 1. The van der Waals surface area contributed by atoms with Crippen molar-refractivity contribution in [3.8, 4) is 0 Å². The molecule has 0 amide bonds. The molecule has 1 N–H and O–H groups in total. The van der Waals surface area contributed by atoms with Gasteiger partial charge in [-0.1, -0.05) is 25.5 Å². The molecule has 0 saturated carbocycles. The summed E-state index contributed by atoms with van der Waals surface area (Å²) in [6.45, 7) is 4.36. The summed E-state index contributed by atoms with van der Waals surface area (Å²) < 4.78 is 0. The van der Waals surface area contributed by atoms with Gasteiger partial charge in [-0.25, -0.2) is 0 Å². The third-order valence-electron chi connectivity index (χ3n) is 2.46. The van der Waals surface area contributed by atoms with Crippen LogP contribution in [-0.4, -0.2) is 10.2 Å². The van der Waals surface area contributed by atoms with Crippen molar-refractivity contribution in [1.82, 2.24) is 10.2 Å². The van der Waals surface area contributed by atoms with Gasteiger partial charge in [0.15, 0.2) is 0 Å². The summed E-state index contributed by atoms with van der Waals surface area (Å²) >= 11 is 0. The second-order valence-corrected chi connectivity index (χ2v) is 3.45. The smallest absolute Gasteiger partial charge is 0.0684 e. The zero-order chi connectivity index (χ0) is 9.26. The quantitative estimate of drug-likeness (QED) is 0.745. The highest BCUT2D eigenvalue weighted by molar-refractivity contribution is 5.82. The monoisotopic (exact) mass is 174 g/mol. The second kappa shape index (κ2) is 3.21. The molecule has 0 atom stereocenters. The zero-order valence-corrected chi connectivity index (χ0v) is 8.09. The number of benzene rings is 1. The van der Waals surface area contributed by atoms with Crippen molar-refractivity contribution in [3.05, 3.63) is 29.5 Å². The Morgan fingerprint density at radius 2 is 2.23 bits per heavy atom. The van der Waals surface area contributed by atoms with Crippen LogP contribution >= 0.6 is 0 Å². The van der Waals surface area contributed by atoms with Crippen LogP contribution in [0.5, 0.6) is 0 Å². The van der Waals surface area contributed by atoms with Crippen molar-refractivity contribution in [1.29, 1.82) is 0 Å². The molecule has 13 heavy (non-hydrogen) atoms. The first-order valence-corrected chi connectivity index (χ1v) is 4.74. The molecule has 0 aliphatic carbocycles. The predicted octanol–water partition coefficient (Wildman–Crippen LogP) is 2.82. The molecule has 0 aliphatic heterocycles. The van der Waals surface area contributed by atoms with Gasteiger partial charge in [0.1, 0.15) is 0 Å². The molecule has 0 saturated heterocycles. The van der Waals surface area contributed by atoms with Gasteiger partial charge in [-0.05, 0) is 24.5 Å².